The Balaban J connectivity index is 4.28. The van der Waals surface area contributed by atoms with Crippen LogP contribution in [-0.2, 0) is 18.4 Å². The van der Waals surface area contributed by atoms with E-state index in [0.29, 0.717) is 17.4 Å². The Kier molecular flexibility index (Phi) is 60.8. The molecule has 3 atom stereocenters. The van der Waals surface area contributed by atoms with Gasteiger partial charge in [-0.2, -0.15) is 0 Å². The maximum atomic E-state index is 13.0. The van der Waals surface area contributed by atoms with Crippen molar-refractivity contribution in [2.75, 3.05) is 40.9 Å². The predicted molar refractivity (Wildman–Crippen MR) is 373 cm³/mol. The average molecular weight is 1190 g/mol. The van der Waals surface area contributed by atoms with Crippen molar-refractivity contribution in [2.24, 2.45) is 0 Å². The Bertz CT molecular complexity index is 2040. The molecular formula is C76H126N2O6P+. The number of aliphatic hydroxyl groups is 1. The molecule has 0 radical (unpaired) electrons. The highest BCUT2D eigenvalue weighted by Gasteiger charge is 2.27. The van der Waals surface area contributed by atoms with Crippen LogP contribution >= 0.6 is 7.82 Å². The summed E-state index contributed by atoms with van der Waals surface area (Å²) in [6.45, 7) is 4.64. The van der Waals surface area contributed by atoms with Gasteiger partial charge >= 0.3 is 7.82 Å². The first-order chi connectivity index (χ1) is 41.5. The summed E-state index contributed by atoms with van der Waals surface area (Å²) in [5.41, 5.74) is 0. The van der Waals surface area contributed by atoms with Crippen LogP contribution < -0.4 is 5.32 Å². The average Bonchev–Trinajstić information content (AvgIpc) is 3.48. The van der Waals surface area contributed by atoms with Crippen molar-refractivity contribution in [3.8, 4) is 0 Å². The molecule has 9 heteroatoms. The second-order valence-corrected chi connectivity index (χ2v) is 24.5. The Morgan fingerprint density at radius 1 is 0.412 bits per heavy atom. The van der Waals surface area contributed by atoms with E-state index in [0.717, 1.165) is 135 Å². The molecule has 0 aliphatic carbocycles. The molecular weight excluding hydrogens is 1070 g/mol. The highest BCUT2D eigenvalue weighted by Crippen LogP contribution is 2.43. The van der Waals surface area contributed by atoms with Gasteiger partial charge in [0.2, 0.25) is 5.91 Å². The lowest BCUT2D eigenvalue weighted by atomic mass is 10.0. The fourth-order valence-corrected chi connectivity index (χ4v) is 9.38. The van der Waals surface area contributed by atoms with Crippen LogP contribution in [0.25, 0.3) is 0 Å². The molecule has 0 saturated carbocycles. The standard InChI is InChI=1S/C76H125N2O6P/c1-6-8-10-12-14-16-18-20-22-24-26-28-30-31-32-33-34-35-36-37-38-39-40-41-42-43-44-45-46-47-48-50-52-54-56-58-60-62-64-66-68-70-76(80)77-74(73-84-85(81,82)83-72-71-78(3,4)5)75(79)69-67-65-63-61-59-57-55-53-51-49-29-27-25-23-21-19-17-15-13-11-9-7-2/h8,10,14,16,20,22,26,28,31-32,34-35,37-38,40-41,43-44,46-47,50-53,56,58-59,61,67,69,74-75,79H,6-7,9,11-13,15,17-19,21,23-25,27,29-30,33,36,39,42,45,48-49,54-55,57,60,62-66,68,70-73H2,1-5H3,(H-,77,80,81,82)/p+1/b10-8-,16-14-,22-20-,28-26-,32-31-,35-34-,38-37-,41-40-,44-43-,47-46-,52-50-,53-51+,58-56-,61-59+,69-67+. The molecule has 0 spiro atoms. The topological polar surface area (TPSA) is 105 Å². The summed E-state index contributed by atoms with van der Waals surface area (Å²) in [5, 5.41) is 13.9. The molecule has 0 aliphatic heterocycles. The SMILES string of the molecule is CC/C=C\C/C=C\C/C=C\C/C=C\C/C=C\C/C=C\C/C=C\C/C=C\C/C=C\C/C=C\C/C=C\C/C=C\CCCCCCC(=O)NC(COP(=O)(O)OCC[N+](C)(C)C)C(O)/C=C/CC/C=C/CC/C=C/CCCCCCCCCCCCCC. The maximum Gasteiger partial charge on any atom is 0.472 e. The van der Waals surface area contributed by atoms with E-state index in [2.05, 4.69) is 189 Å². The number of aliphatic hydroxyl groups excluding tert-OH is 1. The smallest absolute Gasteiger partial charge is 0.387 e. The lowest BCUT2D eigenvalue weighted by Crippen LogP contribution is -2.45. The van der Waals surface area contributed by atoms with Crippen LogP contribution in [0.1, 0.15) is 239 Å². The monoisotopic (exact) mass is 1190 g/mol. The normalized spacial score (nSPS) is 14.9. The van der Waals surface area contributed by atoms with Gasteiger partial charge in [-0.1, -0.05) is 280 Å². The molecule has 0 saturated heterocycles. The number of nitrogens with zero attached hydrogens (tertiary/aromatic N) is 1. The van der Waals surface area contributed by atoms with E-state index in [1.165, 1.54) is 83.5 Å². The summed E-state index contributed by atoms with van der Waals surface area (Å²) in [7, 11) is 1.50. The summed E-state index contributed by atoms with van der Waals surface area (Å²) in [6.07, 6.45) is 103. The first kappa shape index (κ1) is 80.6. The highest BCUT2D eigenvalue weighted by molar-refractivity contribution is 7.47. The number of phosphoric ester groups is 1. The van der Waals surface area contributed by atoms with Gasteiger partial charge in [0.05, 0.1) is 39.9 Å². The minimum atomic E-state index is -4.38. The van der Waals surface area contributed by atoms with Gasteiger partial charge in [0.1, 0.15) is 13.2 Å². The molecule has 0 aliphatic rings. The fourth-order valence-electron chi connectivity index (χ4n) is 8.64. The second kappa shape index (κ2) is 64.1. The van der Waals surface area contributed by atoms with E-state index in [9.17, 15) is 19.4 Å². The predicted octanol–water partition coefficient (Wildman–Crippen LogP) is 21.7. The molecule has 0 bridgehead atoms. The van der Waals surface area contributed by atoms with Crippen molar-refractivity contribution >= 4 is 13.7 Å². The van der Waals surface area contributed by atoms with Gasteiger partial charge in [-0.25, -0.2) is 4.57 Å². The zero-order valence-electron chi connectivity index (χ0n) is 54.8. The van der Waals surface area contributed by atoms with Crippen molar-refractivity contribution in [3.05, 3.63) is 182 Å². The minimum absolute atomic E-state index is 0.0383. The third-order valence-corrected chi connectivity index (χ3v) is 14.8. The van der Waals surface area contributed by atoms with Crippen LogP contribution in [0.15, 0.2) is 182 Å². The van der Waals surface area contributed by atoms with Gasteiger partial charge in [0, 0.05) is 6.42 Å². The summed E-state index contributed by atoms with van der Waals surface area (Å²) in [4.78, 5) is 23.4. The molecule has 0 rings (SSSR count). The number of hydrogen-bond donors (Lipinski definition) is 3. The van der Waals surface area contributed by atoms with Crippen LogP contribution in [-0.4, -0.2) is 73.4 Å². The van der Waals surface area contributed by atoms with E-state index in [1.54, 1.807) is 6.08 Å². The van der Waals surface area contributed by atoms with E-state index in [4.69, 9.17) is 9.05 Å². The molecule has 0 aromatic carbocycles. The van der Waals surface area contributed by atoms with Crippen LogP contribution in [0, 0.1) is 0 Å². The Hall–Kier alpha value is -4.40. The zero-order chi connectivity index (χ0) is 61.9. The number of hydrogen-bond acceptors (Lipinski definition) is 5. The van der Waals surface area contributed by atoms with E-state index >= 15 is 0 Å². The lowest BCUT2D eigenvalue weighted by molar-refractivity contribution is -0.870. The van der Waals surface area contributed by atoms with Crippen LogP contribution in [0.3, 0.4) is 0 Å². The van der Waals surface area contributed by atoms with Gasteiger partial charge < -0.3 is 19.8 Å². The van der Waals surface area contributed by atoms with Gasteiger partial charge in [0.15, 0.2) is 0 Å². The largest absolute Gasteiger partial charge is 0.472 e. The quantitative estimate of drug-likeness (QED) is 0.0243. The number of rotatable bonds is 59. The fraction of sp³-hybridized carbons (Fsp3) is 0.592. The van der Waals surface area contributed by atoms with Crippen LogP contribution in [0.4, 0.5) is 0 Å². The number of likely N-dealkylation sites (N-methyl/N-ethyl adjacent to an activating group) is 1. The van der Waals surface area contributed by atoms with Gasteiger partial charge in [-0.05, 0) is 135 Å². The van der Waals surface area contributed by atoms with Crippen LogP contribution in [0.5, 0.6) is 0 Å². The van der Waals surface area contributed by atoms with Crippen molar-refractivity contribution in [2.45, 2.75) is 251 Å². The Labute approximate surface area is 523 Å². The number of amides is 1. The summed E-state index contributed by atoms with van der Waals surface area (Å²) in [6, 6.07) is -0.899. The molecule has 8 nitrogen and oxygen atoms in total. The third-order valence-electron chi connectivity index (χ3n) is 13.8. The molecule has 480 valence electrons. The number of carbonyl (C=O) groups excluding carboxylic acids is 1. The number of unbranched alkanes of at least 4 members (excludes halogenated alkanes) is 18. The zero-order valence-corrected chi connectivity index (χ0v) is 55.7. The van der Waals surface area contributed by atoms with E-state index < -0.39 is 20.0 Å². The number of carbonyl (C=O) groups is 1. The first-order valence-corrected chi connectivity index (χ1v) is 35.2. The molecule has 1 amide bonds. The summed E-state index contributed by atoms with van der Waals surface area (Å²) in [5.74, 6) is -0.222. The number of nitrogens with one attached hydrogen (secondary N) is 1. The first-order valence-electron chi connectivity index (χ1n) is 33.7. The molecule has 0 aromatic rings. The number of allylic oxidation sites excluding steroid dienone is 29. The Morgan fingerprint density at radius 2 is 0.718 bits per heavy atom. The lowest BCUT2D eigenvalue weighted by Gasteiger charge is -2.25. The maximum absolute atomic E-state index is 13.0. The van der Waals surface area contributed by atoms with Gasteiger partial charge in [0.25, 0.3) is 0 Å². The summed E-state index contributed by atoms with van der Waals surface area (Å²) >= 11 is 0. The van der Waals surface area contributed by atoms with Gasteiger partial charge in [-0.3, -0.25) is 13.8 Å². The number of phosphoric acid groups is 1. The van der Waals surface area contributed by atoms with Crippen molar-refractivity contribution in [1.29, 1.82) is 0 Å². The molecule has 0 aromatic heterocycles. The highest BCUT2D eigenvalue weighted by atomic mass is 31.2. The Morgan fingerprint density at radius 3 is 1.08 bits per heavy atom. The van der Waals surface area contributed by atoms with Gasteiger partial charge in [-0.15, -0.1) is 0 Å². The number of quaternary nitrogens is 1. The molecule has 3 unspecified atom stereocenters. The molecule has 0 heterocycles. The molecule has 0 fully saturated rings. The third kappa shape index (κ3) is 67.0. The van der Waals surface area contributed by atoms with Crippen molar-refractivity contribution < 1.29 is 32.9 Å². The van der Waals surface area contributed by atoms with Crippen molar-refractivity contribution in [3.63, 3.8) is 0 Å². The van der Waals surface area contributed by atoms with Crippen LogP contribution in [0.2, 0.25) is 0 Å². The second-order valence-electron chi connectivity index (χ2n) is 23.1. The van der Waals surface area contributed by atoms with E-state index in [-0.39, 0.29) is 19.1 Å². The molecule has 85 heavy (non-hydrogen) atoms. The van der Waals surface area contributed by atoms with E-state index in [1.807, 2.05) is 27.2 Å². The van der Waals surface area contributed by atoms with Crippen molar-refractivity contribution in [1.82, 2.24) is 5.32 Å². The summed E-state index contributed by atoms with van der Waals surface area (Å²) < 4.78 is 23.7. The molecule has 3 N–H and O–H groups in total. The minimum Gasteiger partial charge on any atom is -0.387 e.